The van der Waals surface area contributed by atoms with Crippen LogP contribution in [0.4, 0.5) is 14.6 Å². The van der Waals surface area contributed by atoms with Gasteiger partial charge in [-0.25, -0.2) is 18.3 Å². The lowest BCUT2D eigenvalue weighted by molar-refractivity contribution is 0.0797. The second-order valence-electron chi connectivity index (χ2n) is 7.82. The van der Waals surface area contributed by atoms with Gasteiger partial charge in [0.1, 0.15) is 23.7 Å². The van der Waals surface area contributed by atoms with E-state index in [1.165, 1.54) is 12.1 Å². The largest absolute Gasteiger partial charge is 0.393 e. The molecule has 2 aromatic heterocycles. The van der Waals surface area contributed by atoms with Crippen molar-refractivity contribution >= 4 is 11.5 Å². The Morgan fingerprint density at radius 1 is 1.13 bits per heavy atom. The molecule has 30 heavy (non-hydrogen) atoms. The zero-order chi connectivity index (χ0) is 21.3. The molecular weight excluding hydrogens is 392 g/mol. The number of aromatic nitrogens is 3. The maximum absolute atomic E-state index is 13.5. The normalized spacial score (nSPS) is 21.5. The predicted molar refractivity (Wildman–Crippen MR) is 108 cm³/mol. The van der Waals surface area contributed by atoms with Crippen LogP contribution in [0.1, 0.15) is 56.0 Å². The van der Waals surface area contributed by atoms with Crippen molar-refractivity contribution in [1.82, 2.24) is 19.9 Å². The molecule has 0 radical (unpaired) electrons. The molecule has 1 fully saturated rings. The van der Waals surface area contributed by atoms with Crippen LogP contribution in [0.5, 0.6) is 0 Å². The first-order valence-electron chi connectivity index (χ1n) is 10.1. The molecule has 7 nitrogen and oxygen atoms in total. The number of nitrogens with zero attached hydrogens (tertiary/aromatic N) is 3. The third kappa shape index (κ3) is 4.58. The minimum Gasteiger partial charge on any atom is -0.393 e. The molecule has 3 aromatic rings. The number of hydrogen-bond acceptors (Lipinski definition) is 6. The second kappa shape index (κ2) is 8.63. The van der Waals surface area contributed by atoms with Crippen LogP contribution in [0.2, 0.25) is 0 Å². The smallest absolute Gasteiger partial charge is 0.164 e. The van der Waals surface area contributed by atoms with Gasteiger partial charge >= 0.3 is 0 Å². The van der Waals surface area contributed by atoms with Gasteiger partial charge in [0.2, 0.25) is 0 Å². The molecule has 2 unspecified atom stereocenters. The fraction of sp³-hybridized carbons (Fsp3) is 0.429. The number of fused-ring (bicyclic) bond motifs is 1. The third-order valence-corrected chi connectivity index (χ3v) is 5.53. The number of benzene rings is 1. The number of aliphatic hydroxyl groups excluding tert-OH is 2. The molecule has 2 heterocycles. The maximum atomic E-state index is 13.5. The number of nitrogens with one attached hydrogen (secondary N) is 2. The molecule has 0 bridgehead atoms. The van der Waals surface area contributed by atoms with Crippen molar-refractivity contribution in [3.8, 4) is 0 Å². The van der Waals surface area contributed by atoms with E-state index in [0.717, 1.165) is 18.9 Å². The molecule has 1 aromatic carbocycles. The van der Waals surface area contributed by atoms with Gasteiger partial charge < -0.3 is 15.5 Å². The molecule has 4 rings (SSSR count). The zero-order valence-corrected chi connectivity index (χ0v) is 16.6. The lowest BCUT2D eigenvalue weighted by atomic mass is 9.93. The molecule has 1 saturated carbocycles. The van der Waals surface area contributed by atoms with Crippen LogP contribution in [-0.2, 0) is 0 Å². The Bertz CT molecular complexity index is 1000. The van der Waals surface area contributed by atoms with E-state index in [1.54, 1.807) is 29.9 Å². The standard InChI is InChI=1S/C21H25F2N5O2/c1-12(13-8-14(22)10-15(23)9-13)25-19-6-7-28-20(27-19)18(11-24-28)21(30)26-16-2-4-17(29)5-3-16/h6-12,16-17,21,26,29-30H,2-5H2,1H3,(H,25,27). The molecule has 0 aliphatic heterocycles. The summed E-state index contributed by atoms with van der Waals surface area (Å²) >= 11 is 0. The summed E-state index contributed by atoms with van der Waals surface area (Å²) in [6, 6.07) is 4.82. The Labute approximate surface area is 172 Å². The van der Waals surface area contributed by atoms with Crippen molar-refractivity contribution in [2.24, 2.45) is 0 Å². The number of anilines is 1. The fourth-order valence-corrected chi connectivity index (χ4v) is 3.85. The summed E-state index contributed by atoms with van der Waals surface area (Å²) in [6.45, 7) is 1.78. The number of aliphatic hydroxyl groups is 2. The van der Waals surface area contributed by atoms with E-state index in [9.17, 15) is 19.0 Å². The molecule has 0 spiro atoms. The number of hydrogen-bond donors (Lipinski definition) is 4. The van der Waals surface area contributed by atoms with Gasteiger partial charge in [-0.2, -0.15) is 5.10 Å². The van der Waals surface area contributed by atoms with Crippen molar-refractivity contribution in [3.05, 3.63) is 59.4 Å². The van der Waals surface area contributed by atoms with Crippen molar-refractivity contribution in [3.63, 3.8) is 0 Å². The summed E-state index contributed by atoms with van der Waals surface area (Å²) in [5.41, 5.74) is 1.48. The Morgan fingerprint density at radius 3 is 2.53 bits per heavy atom. The Balaban J connectivity index is 1.50. The minimum atomic E-state index is -0.944. The van der Waals surface area contributed by atoms with E-state index in [4.69, 9.17) is 0 Å². The van der Waals surface area contributed by atoms with Crippen LogP contribution in [0.15, 0.2) is 36.7 Å². The average molecular weight is 417 g/mol. The van der Waals surface area contributed by atoms with Gasteiger partial charge in [0.15, 0.2) is 5.65 Å². The van der Waals surface area contributed by atoms with Gasteiger partial charge in [-0.3, -0.25) is 5.32 Å². The summed E-state index contributed by atoms with van der Waals surface area (Å²) in [7, 11) is 0. The monoisotopic (exact) mass is 417 g/mol. The van der Waals surface area contributed by atoms with Gasteiger partial charge in [-0.1, -0.05) is 0 Å². The van der Waals surface area contributed by atoms with Crippen LogP contribution < -0.4 is 10.6 Å². The first-order chi connectivity index (χ1) is 14.4. The molecule has 2 atom stereocenters. The van der Waals surface area contributed by atoms with Gasteiger partial charge in [0.25, 0.3) is 0 Å². The highest BCUT2D eigenvalue weighted by Crippen LogP contribution is 2.24. The van der Waals surface area contributed by atoms with Crippen molar-refractivity contribution in [1.29, 1.82) is 0 Å². The number of halogens is 2. The zero-order valence-electron chi connectivity index (χ0n) is 16.6. The molecule has 0 amide bonds. The van der Waals surface area contributed by atoms with E-state index < -0.39 is 17.9 Å². The quantitative estimate of drug-likeness (QED) is 0.461. The molecule has 0 saturated heterocycles. The van der Waals surface area contributed by atoms with E-state index in [2.05, 4.69) is 20.7 Å². The van der Waals surface area contributed by atoms with Crippen molar-refractivity contribution in [2.75, 3.05) is 5.32 Å². The molecule has 9 heteroatoms. The van der Waals surface area contributed by atoms with Gasteiger partial charge in [0, 0.05) is 18.3 Å². The van der Waals surface area contributed by atoms with Crippen LogP contribution >= 0.6 is 0 Å². The molecular formula is C21H25F2N5O2. The molecule has 1 aliphatic rings. The molecule has 4 N–H and O–H groups in total. The Kier molecular flexibility index (Phi) is 5.94. The third-order valence-electron chi connectivity index (χ3n) is 5.53. The highest BCUT2D eigenvalue weighted by atomic mass is 19.1. The highest BCUT2D eigenvalue weighted by Gasteiger charge is 2.23. The van der Waals surface area contributed by atoms with Crippen LogP contribution in [0.3, 0.4) is 0 Å². The Morgan fingerprint density at radius 2 is 1.83 bits per heavy atom. The topological polar surface area (TPSA) is 94.7 Å². The summed E-state index contributed by atoms with van der Waals surface area (Å²) < 4.78 is 28.6. The van der Waals surface area contributed by atoms with E-state index in [0.29, 0.717) is 35.4 Å². The summed E-state index contributed by atoms with van der Waals surface area (Å²) in [4.78, 5) is 4.53. The van der Waals surface area contributed by atoms with E-state index >= 15 is 0 Å². The first kappa shape index (κ1) is 20.6. The highest BCUT2D eigenvalue weighted by molar-refractivity contribution is 5.53. The fourth-order valence-electron chi connectivity index (χ4n) is 3.85. The predicted octanol–water partition coefficient (Wildman–Crippen LogP) is 3.06. The SMILES string of the molecule is CC(Nc1ccn2ncc(C(O)NC3CCC(O)CC3)c2n1)c1cc(F)cc(F)c1. The van der Waals surface area contributed by atoms with Crippen LogP contribution in [0.25, 0.3) is 5.65 Å². The summed E-state index contributed by atoms with van der Waals surface area (Å²) in [6.07, 6.45) is 5.07. The van der Waals surface area contributed by atoms with E-state index in [-0.39, 0.29) is 18.2 Å². The first-order valence-corrected chi connectivity index (χ1v) is 10.1. The minimum absolute atomic E-state index is 0.113. The Hall–Kier alpha value is -2.62. The van der Waals surface area contributed by atoms with Crippen LogP contribution in [-0.4, -0.2) is 37.0 Å². The lowest BCUT2D eigenvalue weighted by Gasteiger charge is -2.28. The molecule has 1 aliphatic carbocycles. The summed E-state index contributed by atoms with van der Waals surface area (Å²) in [5.74, 6) is -0.775. The van der Waals surface area contributed by atoms with Crippen molar-refractivity contribution < 1.29 is 19.0 Å². The average Bonchev–Trinajstić information content (AvgIpc) is 3.12. The van der Waals surface area contributed by atoms with E-state index in [1.807, 2.05) is 0 Å². The molecule has 160 valence electrons. The second-order valence-corrected chi connectivity index (χ2v) is 7.82. The maximum Gasteiger partial charge on any atom is 0.164 e. The number of rotatable bonds is 6. The van der Waals surface area contributed by atoms with Gasteiger partial charge in [-0.15, -0.1) is 0 Å². The van der Waals surface area contributed by atoms with Crippen LogP contribution in [0, 0.1) is 11.6 Å². The van der Waals surface area contributed by atoms with Crippen molar-refractivity contribution in [2.45, 2.75) is 57.0 Å². The summed E-state index contributed by atoms with van der Waals surface area (Å²) in [5, 5.41) is 30.9. The van der Waals surface area contributed by atoms with Gasteiger partial charge in [-0.05, 0) is 56.4 Å². The van der Waals surface area contributed by atoms with Gasteiger partial charge in [0.05, 0.1) is 23.9 Å². The lowest BCUT2D eigenvalue weighted by Crippen LogP contribution is -2.37.